The lowest BCUT2D eigenvalue weighted by Crippen LogP contribution is -2.43. The highest BCUT2D eigenvalue weighted by Gasteiger charge is 2.39. The summed E-state index contributed by atoms with van der Waals surface area (Å²) in [5.41, 5.74) is 1.86. The molecule has 0 bridgehead atoms. The maximum atomic E-state index is 13.0. The van der Waals surface area contributed by atoms with E-state index < -0.39 is 16.1 Å². The Hall–Kier alpha value is -2.14. The zero-order chi connectivity index (χ0) is 21.3. The van der Waals surface area contributed by atoms with Gasteiger partial charge >= 0.3 is 0 Å². The van der Waals surface area contributed by atoms with Crippen molar-refractivity contribution >= 4 is 48.3 Å². The highest BCUT2D eigenvalue weighted by molar-refractivity contribution is 9.10. The van der Waals surface area contributed by atoms with E-state index in [2.05, 4.69) is 31.4 Å². The monoisotopic (exact) mass is 506 g/mol. The molecule has 3 aromatic rings. The molecule has 1 saturated heterocycles. The van der Waals surface area contributed by atoms with E-state index in [0.717, 1.165) is 15.6 Å². The Kier molecular flexibility index (Phi) is 6.01. The van der Waals surface area contributed by atoms with Gasteiger partial charge in [-0.05, 0) is 44.0 Å². The predicted octanol–water partition coefficient (Wildman–Crippen LogP) is 4.07. The number of carbonyl (C=O) groups is 1. The Morgan fingerprint density at radius 3 is 2.53 bits per heavy atom. The standard InChI is InChI=1S/C20H19BrN4O3S2/c1-13-4-10-16(11-5-13)30(27,28)25-12-2-3-17(25)18(26)22-20-24-23-19(29-20)14-6-8-15(21)9-7-14/h4-11,17H,2-3,12H2,1H3,(H,22,24,26). The highest BCUT2D eigenvalue weighted by Crippen LogP contribution is 2.30. The fraction of sp³-hybridized carbons (Fsp3) is 0.250. The fourth-order valence-electron chi connectivity index (χ4n) is 3.31. The number of benzene rings is 2. The second-order valence-electron chi connectivity index (χ2n) is 7.00. The van der Waals surface area contributed by atoms with Gasteiger partial charge in [-0.15, -0.1) is 10.2 Å². The van der Waals surface area contributed by atoms with Crippen molar-refractivity contribution in [1.29, 1.82) is 0 Å². The number of aryl methyl sites for hydroxylation is 1. The van der Waals surface area contributed by atoms with E-state index in [9.17, 15) is 13.2 Å². The van der Waals surface area contributed by atoms with E-state index in [1.807, 2.05) is 31.2 Å². The first-order chi connectivity index (χ1) is 14.3. The van der Waals surface area contributed by atoms with E-state index in [1.54, 1.807) is 24.3 Å². The summed E-state index contributed by atoms with van der Waals surface area (Å²) in [5.74, 6) is -0.387. The van der Waals surface area contributed by atoms with E-state index in [0.29, 0.717) is 29.5 Å². The van der Waals surface area contributed by atoms with Gasteiger partial charge in [-0.25, -0.2) is 8.42 Å². The highest BCUT2D eigenvalue weighted by atomic mass is 79.9. The summed E-state index contributed by atoms with van der Waals surface area (Å²) in [5, 5.41) is 11.9. The molecule has 0 spiro atoms. The van der Waals surface area contributed by atoms with Crippen LogP contribution in [0.3, 0.4) is 0 Å². The van der Waals surface area contributed by atoms with Crippen LogP contribution in [-0.4, -0.2) is 41.4 Å². The normalized spacial score (nSPS) is 17.2. The summed E-state index contributed by atoms with van der Waals surface area (Å²) < 4.78 is 28.3. The molecule has 30 heavy (non-hydrogen) atoms. The van der Waals surface area contributed by atoms with Gasteiger partial charge in [0, 0.05) is 16.6 Å². The van der Waals surface area contributed by atoms with Gasteiger partial charge in [-0.2, -0.15) is 4.31 Å². The lowest BCUT2D eigenvalue weighted by atomic mass is 10.2. The number of nitrogens with zero attached hydrogens (tertiary/aromatic N) is 3. The van der Waals surface area contributed by atoms with Crippen molar-refractivity contribution < 1.29 is 13.2 Å². The molecule has 1 aliphatic heterocycles. The molecule has 2 heterocycles. The molecule has 0 aliphatic carbocycles. The number of halogens is 1. The number of aromatic nitrogens is 2. The third kappa shape index (κ3) is 4.31. The third-order valence-corrected chi connectivity index (χ3v) is 8.22. The minimum absolute atomic E-state index is 0.196. The Morgan fingerprint density at radius 2 is 1.83 bits per heavy atom. The van der Waals surface area contributed by atoms with E-state index in [-0.39, 0.29) is 10.8 Å². The number of amides is 1. The maximum Gasteiger partial charge on any atom is 0.244 e. The molecule has 1 aromatic heterocycles. The summed E-state index contributed by atoms with van der Waals surface area (Å²) in [6.45, 7) is 2.21. The Labute approximate surface area is 187 Å². The van der Waals surface area contributed by atoms with E-state index in [1.165, 1.54) is 15.6 Å². The van der Waals surface area contributed by atoms with Crippen molar-refractivity contribution in [1.82, 2.24) is 14.5 Å². The van der Waals surface area contributed by atoms with Crippen molar-refractivity contribution in [2.45, 2.75) is 30.7 Å². The quantitative estimate of drug-likeness (QED) is 0.562. The van der Waals surface area contributed by atoms with Gasteiger partial charge in [0.15, 0.2) is 0 Å². The van der Waals surface area contributed by atoms with Crippen LogP contribution in [0, 0.1) is 6.92 Å². The predicted molar refractivity (Wildman–Crippen MR) is 120 cm³/mol. The van der Waals surface area contributed by atoms with Gasteiger partial charge in [0.1, 0.15) is 11.0 Å². The molecule has 1 aliphatic rings. The largest absolute Gasteiger partial charge is 0.299 e. The van der Waals surface area contributed by atoms with Crippen LogP contribution in [0.15, 0.2) is 57.9 Å². The first-order valence-electron chi connectivity index (χ1n) is 9.33. The van der Waals surface area contributed by atoms with Gasteiger partial charge in [0.05, 0.1) is 4.90 Å². The van der Waals surface area contributed by atoms with Crippen LogP contribution in [0.4, 0.5) is 5.13 Å². The number of nitrogens with one attached hydrogen (secondary N) is 1. The molecule has 1 fully saturated rings. The lowest BCUT2D eigenvalue weighted by Gasteiger charge is -2.23. The molecule has 0 radical (unpaired) electrons. The van der Waals surface area contributed by atoms with Crippen LogP contribution < -0.4 is 5.32 Å². The zero-order valence-corrected chi connectivity index (χ0v) is 19.3. The number of hydrogen-bond donors (Lipinski definition) is 1. The van der Waals surface area contributed by atoms with Crippen LogP contribution in [0.5, 0.6) is 0 Å². The second kappa shape index (κ2) is 8.54. The van der Waals surface area contributed by atoms with Crippen LogP contribution in [-0.2, 0) is 14.8 Å². The molecule has 4 rings (SSSR count). The summed E-state index contributed by atoms with van der Waals surface area (Å²) in [6.07, 6.45) is 1.10. The summed E-state index contributed by atoms with van der Waals surface area (Å²) in [4.78, 5) is 13.1. The van der Waals surface area contributed by atoms with E-state index >= 15 is 0 Å². The summed E-state index contributed by atoms with van der Waals surface area (Å²) in [7, 11) is -3.75. The van der Waals surface area contributed by atoms with E-state index in [4.69, 9.17) is 0 Å². The van der Waals surface area contributed by atoms with Crippen LogP contribution in [0.2, 0.25) is 0 Å². The van der Waals surface area contributed by atoms with Gasteiger partial charge in [-0.1, -0.05) is 57.1 Å². The third-order valence-electron chi connectivity index (χ3n) is 4.88. The summed E-state index contributed by atoms with van der Waals surface area (Å²) >= 11 is 4.64. The molecule has 1 unspecified atom stereocenters. The smallest absolute Gasteiger partial charge is 0.244 e. The van der Waals surface area contributed by atoms with Gasteiger partial charge < -0.3 is 0 Å². The fourth-order valence-corrected chi connectivity index (χ4v) is 5.98. The number of carbonyl (C=O) groups excluding carboxylic acids is 1. The average molecular weight is 507 g/mol. The molecule has 0 saturated carbocycles. The number of anilines is 1. The van der Waals surface area contributed by atoms with Crippen molar-refractivity contribution in [3.63, 3.8) is 0 Å². The van der Waals surface area contributed by atoms with Crippen molar-refractivity contribution in [2.24, 2.45) is 0 Å². The van der Waals surface area contributed by atoms with Crippen molar-refractivity contribution in [3.8, 4) is 10.6 Å². The van der Waals surface area contributed by atoms with Gasteiger partial charge in [0.25, 0.3) is 0 Å². The molecule has 1 N–H and O–H groups in total. The van der Waals surface area contributed by atoms with Gasteiger partial charge in [-0.3, -0.25) is 10.1 Å². The molecule has 1 amide bonds. The lowest BCUT2D eigenvalue weighted by molar-refractivity contribution is -0.119. The van der Waals surface area contributed by atoms with Crippen molar-refractivity contribution in [3.05, 3.63) is 58.6 Å². The number of hydrogen-bond acceptors (Lipinski definition) is 6. The van der Waals surface area contributed by atoms with Crippen LogP contribution in [0.25, 0.3) is 10.6 Å². The second-order valence-corrected chi connectivity index (χ2v) is 10.8. The Bertz CT molecular complexity index is 1160. The van der Waals surface area contributed by atoms with Gasteiger partial charge in [0.2, 0.25) is 21.1 Å². The number of sulfonamides is 1. The molecule has 10 heteroatoms. The molecular formula is C20H19BrN4O3S2. The minimum Gasteiger partial charge on any atom is -0.299 e. The first-order valence-corrected chi connectivity index (χ1v) is 12.4. The first kappa shape index (κ1) is 21.1. The zero-order valence-electron chi connectivity index (χ0n) is 16.1. The molecule has 2 aromatic carbocycles. The molecule has 156 valence electrons. The SMILES string of the molecule is Cc1ccc(S(=O)(=O)N2CCCC2C(=O)Nc2nnc(-c3ccc(Br)cc3)s2)cc1. The van der Waals surface area contributed by atoms with Crippen LogP contribution in [0.1, 0.15) is 18.4 Å². The molecule has 7 nitrogen and oxygen atoms in total. The molecule has 1 atom stereocenters. The summed E-state index contributed by atoms with van der Waals surface area (Å²) in [6, 6.07) is 13.5. The Morgan fingerprint density at radius 1 is 1.13 bits per heavy atom. The van der Waals surface area contributed by atoms with Crippen molar-refractivity contribution in [2.75, 3.05) is 11.9 Å². The number of rotatable bonds is 5. The van der Waals surface area contributed by atoms with Crippen LogP contribution >= 0.6 is 27.3 Å². The average Bonchev–Trinajstić information content (AvgIpc) is 3.39. The molecular weight excluding hydrogens is 488 g/mol. The minimum atomic E-state index is -3.75. The maximum absolute atomic E-state index is 13.0. The Balaban J connectivity index is 1.50. The topological polar surface area (TPSA) is 92.3 Å².